The number of likely N-dealkylation sites (N-methyl/N-ethyl adjacent to an activating group) is 1. The van der Waals surface area contributed by atoms with Gasteiger partial charge in [-0.05, 0) is 49.8 Å². The fraction of sp³-hybridized carbons (Fsp3) is 0.304. The number of nitrogens with one attached hydrogen (secondary N) is 1. The third-order valence-corrected chi connectivity index (χ3v) is 5.58. The van der Waals surface area contributed by atoms with E-state index in [-0.39, 0.29) is 18.1 Å². The topological polar surface area (TPSA) is 137 Å². The molecule has 0 bridgehead atoms. The van der Waals surface area contributed by atoms with Crippen LogP contribution in [0.1, 0.15) is 28.3 Å². The lowest BCUT2D eigenvalue weighted by molar-refractivity contribution is -0.154. The summed E-state index contributed by atoms with van der Waals surface area (Å²) in [6.07, 6.45) is -3.16. The van der Waals surface area contributed by atoms with Gasteiger partial charge in [-0.25, -0.2) is 9.37 Å². The molecule has 2 unspecified atom stereocenters. The molecule has 14 heteroatoms. The van der Waals surface area contributed by atoms with Crippen LogP contribution in [0, 0.1) is 5.82 Å². The zero-order chi connectivity index (χ0) is 27.6. The first-order valence-corrected chi connectivity index (χ1v) is 11.4. The molecule has 1 amide bonds. The summed E-state index contributed by atoms with van der Waals surface area (Å²) in [5.74, 6) is -0.985. The molecule has 0 spiro atoms. The number of aldehydes is 1. The van der Waals surface area contributed by atoms with Crippen LogP contribution in [0.25, 0.3) is 11.3 Å². The van der Waals surface area contributed by atoms with Crippen LogP contribution in [-0.2, 0) is 4.79 Å². The SMILES string of the molecule is CC(Oc1ccc(OCC(F)(F)F)nc1)c1cc(-c2ccc(C=O)c(F)c2)ns1.CNC(CO)C(N)=O. The highest BCUT2D eigenvalue weighted by atomic mass is 32.1. The Balaban J connectivity index is 0.000000521. The Hall–Kier alpha value is -3.62. The molecule has 0 aliphatic heterocycles. The van der Waals surface area contributed by atoms with E-state index >= 15 is 0 Å². The van der Waals surface area contributed by atoms with E-state index in [4.69, 9.17) is 15.6 Å². The lowest BCUT2D eigenvalue weighted by Gasteiger charge is -2.13. The Morgan fingerprint density at radius 3 is 2.49 bits per heavy atom. The highest BCUT2D eigenvalue weighted by Gasteiger charge is 2.28. The number of halogens is 4. The van der Waals surface area contributed by atoms with Crippen molar-refractivity contribution in [1.29, 1.82) is 0 Å². The minimum absolute atomic E-state index is 0.0314. The number of primary amides is 1. The largest absolute Gasteiger partial charge is 0.484 e. The standard InChI is InChI=1S/C19H14F4N2O3S.C4H10N2O2/c1-11(28-14-4-5-18(24-8-14)27-10-19(21,22)23)17-7-16(25-29-17)12-2-3-13(9-26)15(20)6-12;1-6-3(2-7)4(5)8/h2-9,11H,10H2,1H3;3,6-7H,2H2,1H3,(H2,5,8). The maximum absolute atomic E-state index is 13.8. The molecular formula is C23H24F4N4O5S. The maximum Gasteiger partial charge on any atom is 0.422 e. The van der Waals surface area contributed by atoms with Gasteiger partial charge in [-0.2, -0.15) is 17.5 Å². The number of nitrogens with zero attached hydrogens (tertiary/aromatic N) is 2. The van der Waals surface area contributed by atoms with E-state index in [0.29, 0.717) is 23.3 Å². The first-order valence-electron chi connectivity index (χ1n) is 10.6. The van der Waals surface area contributed by atoms with Crippen molar-refractivity contribution in [1.82, 2.24) is 14.7 Å². The number of carbonyl (C=O) groups excluding carboxylic acids is 2. The van der Waals surface area contributed by atoms with Gasteiger partial charge in [0.15, 0.2) is 12.9 Å². The van der Waals surface area contributed by atoms with E-state index in [9.17, 15) is 27.2 Å². The van der Waals surface area contributed by atoms with Gasteiger partial charge in [-0.15, -0.1) is 0 Å². The number of amides is 1. The first kappa shape index (κ1) is 29.6. The Labute approximate surface area is 213 Å². The predicted molar refractivity (Wildman–Crippen MR) is 127 cm³/mol. The molecule has 0 saturated carbocycles. The van der Waals surface area contributed by atoms with Crippen molar-refractivity contribution < 1.29 is 41.7 Å². The molecule has 0 aliphatic carbocycles. The van der Waals surface area contributed by atoms with Crippen molar-refractivity contribution in [2.45, 2.75) is 25.2 Å². The summed E-state index contributed by atoms with van der Waals surface area (Å²) in [6, 6.07) is 8.07. The quantitative estimate of drug-likeness (QED) is 0.261. The number of aliphatic hydroxyl groups excluding tert-OH is 1. The molecule has 3 aromatic rings. The first-order chi connectivity index (χ1) is 17.5. The van der Waals surface area contributed by atoms with Crippen LogP contribution in [-0.4, -0.2) is 59.1 Å². The van der Waals surface area contributed by atoms with Gasteiger partial charge in [0.25, 0.3) is 0 Å². The van der Waals surface area contributed by atoms with Crippen molar-refractivity contribution in [2.24, 2.45) is 5.73 Å². The zero-order valence-corrected chi connectivity index (χ0v) is 20.5. The number of pyridine rings is 1. The van der Waals surface area contributed by atoms with E-state index in [1.165, 1.54) is 30.5 Å². The number of nitrogens with two attached hydrogens (primary N) is 1. The number of rotatable bonds is 10. The van der Waals surface area contributed by atoms with Gasteiger partial charge in [0.1, 0.15) is 23.7 Å². The number of alkyl halides is 3. The molecule has 1 aromatic carbocycles. The number of ether oxygens (including phenoxy) is 2. The second-order valence-electron chi connectivity index (χ2n) is 7.39. The van der Waals surface area contributed by atoms with Crippen LogP contribution in [0.3, 0.4) is 0 Å². The van der Waals surface area contributed by atoms with E-state index in [1.54, 1.807) is 26.1 Å². The highest BCUT2D eigenvalue weighted by molar-refractivity contribution is 7.06. The number of aliphatic hydroxyl groups is 1. The van der Waals surface area contributed by atoms with Gasteiger partial charge < -0.3 is 25.6 Å². The summed E-state index contributed by atoms with van der Waals surface area (Å²) in [4.78, 5) is 25.4. The molecule has 0 aliphatic rings. The molecule has 2 atom stereocenters. The monoisotopic (exact) mass is 544 g/mol. The Bertz CT molecular complexity index is 1170. The number of benzene rings is 1. The fourth-order valence-corrected chi connectivity index (χ4v) is 3.39. The Morgan fingerprint density at radius 2 is 2.00 bits per heavy atom. The maximum atomic E-state index is 13.8. The summed E-state index contributed by atoms with van der Waals surface area (Å²) in [5, 5.41) is 10.9. The van der Waals surface area contributed by atoms with Gasteiger partial charge in [-0.1, -0.05) is 6.07 Å². The number of carbonyl (C=O) groups is 2. The van der Waals surface area contributed by atoms with Gasteiger partial charge in [0.2, 0.25) is 11.8 Å². The third-order valence-electron chi connectivity index (χ3n) is 4.63. The van der Waals surface area contributed by atoms with E-state index in [0.717, 1.165) is 16.4 Å². The van der Waals surface area contributed by atoms with Crippen LogP contribution in [0.5, 0.6) is 11.6 Å². The highest BCUT2D eigenvalue weighted by Crippen LogP contribution is 2.30. The van der Waals surface area contributed by atoms with E-state index in [2.05, 4.69) is 19.4 Å². The van der Waals surface area contributed by atoms with Crippen LogP contribution >= 0.6 is 11.5 Å². The summed E-state index contributed by atoms with van der Waals surface area (Å²) in [6.45, 7) is 0.0991. The van der Waals surface area contributed by atoms with Crippen LogP contribution in [0.2, 0.25) is 0 Å². The number of aromatic nitrogens is 2. The Kier molecular flexibility index (Phi) is 10.9. The molecule has 37 heavy (non-hydrogen) atoms. The lowest BCUT2D eigenvalue weighted by Crippen LogP contribution is -2.41. The molecule has 0 radical (unpaired) electrons. The second-order valence-corrected chi connectivity index (χ2v) is 8.23. The average molecular weight is 545 g/mol. The number of hydrogen-bond acceptors (Lipinski definition) is 9. The molecule has 200 valence electrons. The summed E-state index contributed by atoms with van der Waals surface area (Å²) < 4.78 is 64.8. The minimum atomic E-state index is -4.44. The summed E-state index contributed by atoms with van der Waals surface area (Å²) in [7, 11) is 1.56. The second kappa shape index (κ2) is 13.6. The van der Waals surface area contributed by atoms with Gasteiger partial charge in [0.05, 0.1) is 28.9 Å². The zero-order valence-electron chi connectivity index (χ0n) is 19.7. The van der Waals surface area contributed by atoms with E-state index < -0.39 is 36.7 Å². The van der Waals surface area contributed by atoms with Gasteiger partial charge >= 0.3 is 6.18 Å². The molecule has 0 saturated heterocycles. The van der Waals surface area contributed by atoms with E-state index in [1.807, 2.05) is 0 Å². The van der Waals surface area contributed by atoms with Crippen molar-refractivity contribution in [3.8, 4) is 22.9 Å². The average Bonchev–Trinajstić information content (AvgIpc) is 3.35. The van der Waals surface area contributed by atoms with Gasteiger partial charge in [-0.3, -0.25) is 9.59 Å². The molecule has 2 heterocycles. The third kappa shape index (κ3) is 9.40. The lowest BCUT2D eigenvalue weighted by atomic mass is 10.1. The van der Waals surface area contributed by atoms with Crippen molar-refractivity contribution in [2.75, 3.05) is 20.3 Å². The molecule has 9 nitrogen and oxygen atoms in total. The predicted octanol–water partition coefficient (Wildman–Crippen LogP) is 3.29. The van der Waals surface area contributed by atoms with Crippen LogP contribution in [0.4, 0.5) is 17.6 Å². The van der Waals surface area contributed by atoms with Gasteiger partial charge in [0, 0.05) is 11.6 Å². The molecular weight excluding hydrogens is 520 g/mol. The molecule has 4 N–H and O–H groups in total. The van der Waals surface area contributed by atoms with Crippen molar-refractivity contribution >= 4 is 23.7 Å². The molecule has 3 rings (SSSR count). The van der Waals surface area contributed by atoms with Crippen molar-refractivity contribution in [3.05, 3.63) is 58.9 Å². The minimum Gasteiger partial charge on any atom is -0.484 e. The fourth-order valence-electron chi connectivity index (χ4n) is 2.66. The summed E-state index contributed by atoms with van der Waals surface area (Å²) in [5.41, 5.74) is 5.82. The van der Waals surface area contributed by atoms with Crippen molar-refractivity contribution in [3.63, 3.8) is 0 Å². The smallest absolute Gasteiger partial charge is 0.422 e. The molecule has 0 fully saturated rings. The Morgan fingerprint density at radius 1 is 1.27 bits per heavy atom. The normalized spacial score (nSPS) is 12.6. The van der Waals surface area contributed by atoms with Crippen LogP contribution in [0.15, 0.2) is 42.6 Å². The van der Waals surface area contributed by atoms with Crippen LogP contribution < -0.4 is 20.5 Å². The number of hydrogen-bond donors (Lipinski definition) is 3. The summed E-state index contributed by atoms with van der Waals surface area (Å²) >= 11 is 1.16. The molecule has 2 aromatic heterocycles.